The van der Waals surface area contributed by atoms with Gasteiger partial charge in [-0.2, -0.15) is 11.8 Å². The van der Waals surface area contributed by atoms with Crippen molar-refractivity contribution in [2.45, 2.75) is 12.5 Å². The number of nitrogens with zero attached hydrogens (tertiary/aromatic N) is 1. The molecule has 9 heteroatoms. The molecule has 108 valence electrons. The number of H-pyrrole nitrogens is 2. The van der Waals surface area contributed by atoms with E-state index in [-0.39, 0.29) is 12.1 Å². The van der Waals surface area contributed by atoms with Gasteiger partial charge in [0.25, 0.3) is 11.5 Å². The summed E-state index contributed by atoms with van der Waals surface area (Å²) in [6.45, 7) is 0.385. The van der Waals surface area contributed by atoms with E-state index < -0.39 is 29.2 Å². The van der Waals surface area contributed by atoms with Crippen LogP contribution in [0.2, 0.25) is 0 Å². The Morgan fingerprint density at radius 2 is 2.15 bits per heavy atom. The second-order valence-corrected chi connectivity index (χ2v) is 5.48. The molecule has 0 bridgehead atoms. The van der Waals surface area contributed by atoms with Crippen LogP contribution in [-0.4, -0.2) is 55.9 Å². The quantitative estimate of drug-likeness (QED) is 0.664. The van der Waals surface area contributed by atoms with E-state index in [0.29, 0.717) is 18.1 Å². The standard InChI is InChI=1S/C11H13N3O5S/c15-8-4-7(12-11(19)13-8)10(18)14-1-2-20-5-6(14)3-9(16)17/h4,6H,1-3,5H2,(H,16,17)(H2,12,13,15,19). The molecule has 0 radical (unpaired) electrons. The second kappa shape index (κ2) is 5.95. The molecule has 8 nitrogen and oxygen atoms in total. The first kappa shape index (κ1) is 14.4. The van der Waals surface area contributed by atoms with E-state index in [4.69, 9.17) is 5.11 Å². The summed E-state index contributed by atoms with van der Waals surface area (Å²) in [6.07, 6.45) is -0.161. The van der Waals surface area contributed by atoms with Gasteiger partial charge >= 0.3 is 11.7 Å². The number of carboxylic acid groups (broad SMARTS) is 1. The lowest BCUT2D eigenvalue weighted by atomic mass is 10.2. The van der Waals surface area contributed by atoms with Crippen molar-refractivity contribution in [2.24, 2.45) is 0 Å². The first-order valence-electron chi connectivity index (χ1n) is 5.91. The lowest BCUT2D eigenvalue weighted by Crippen LogP contribution is -2.48. The van der Waals surface area contributed by atoms with Gasteiger partial charge in [-0.05, 0) is 0 Å². The van der Waals surface area contributed by atoms with E-state index in [1.165, 1.54) is 4.90 Å². The van der Waals surface area contributed by atoms with E-state index in [1.54, 1.807) is 11.8 Å². The van der Waals surface area contributed by atoms with Crippen LogP contribution < -0.4 is 11.2 Å². The molecule has 1 aliphatic rings. The van der Waals surface area contributed by atoms with E-state index in [0.717, 1.165) is 6.07 Å². The highest BCUT2D eigenvalue weighted by Gasteiger charge is 2.30. The van der Waals surface area contributed by atoms with Crippen molar-refractivity contribution >= 4 is 23.6 Å². The Kier molecular flexibility index (Phi) is 4.28. The molecule has 20 heavy (non-hydrogen) atoms. The molecule has 1 fully saturated rings. The normalized spacial score (nSPS) is 18.8. The predicted octanol–water partition coefficient (Wildman–Crippen LogP) is -0.904. The Labute approximate surface area is 117 Å². The van der Waals surface area contributed by atoms with Crippen molar-refractivity contribution in [3.63, 3.8) is 0 Å². The third kappa shape index (κ3) is 3.29. The number of rotatable bonds is 3. The fraction of sp³-hybridized carbons (Fsp3) is 0.455. The zero-order valence-corrected chi connectivity index (χ0v) is 11.2. The average molecular weight is 299 g/mol. The van der Waals surface area contributed by atoms with Gasteiger partial charge in [0, 0.05) is 24.1 Å². The molecule has 1 saturated heterocycles. The Morgan fingerprint density at radius 1 is 1.40 bits per heavy atom. The van der Waals surface area contributed by atoms with Crippen LogP contribution >= 0.6 is 11.8 Å². The van der Waals surface area contributed by atoms with Crippen molar-refractivity contribution in [3.8, 4) is 0 Å². The number of aliphatic carboxylic acids is 1. The minimum atomic E-state index is -0.991. The molecule has 1 amide bonds. The Hall–Kier alpha value is -2.03. The Morgan fingerprint density at radius 3 is 2.80 bits per heavy atom. The summed E-state index contributed by atoms with van der Waals surface area (Å²) >= 11 is 1.57. The first-order chi connectivity index (χ1) is 9.47. The van der Waals surface area contributed by atoms with Crippen LogP contribution in [0.1, 0.15) is 16.9 Å². The van der Waals surface area contributed by atoms with Crippen molar-refractivity contribution in [1.82, 2.24) is 14.9 Å². The van der Waals surface area contributed by atoms with Crippen LogP contribution in [0, 0.1) is 0 Å². The van der Waals surface area contributed by atoms with Gasteiger partial charge in [-0.25, -0.2) is 4.79 Å². The molecule has 0 aliphatic carbocycles. The number of hydrogen-bond donors (Lipinski definition) is 3. The molecule has 1 aromatic heterocycles. The number of carbonyl (C=O) groups is 2. The molecule has 2 rings (SSSR count). The number of hydrogen-bond acceptors (Lipinski definition) is 5. The number of aromatic amines is 2. The van der Waals surface area contributed by atoms with E-state index >= 15 is 0 Å². The van der Waals surface area contributed by atoms with Gasteiger partial charge in [0.05, 0.1) is 12.5 Å². The predicted molar refractivity (Wildman–Crippen MR) is 72.1 cm³/mol. The maximum atomic E-state index is 12.3. The summed E-state index contributed by atoms with van der Waals surface area (Å²) in [6, 6.07) is 0.560. The lowest BCUT2D eigenvalue weighted by molar-refractivity contribution is -0.138. The molecule has 0 saturated carbocycles. The van der Waals surface area contributed by atoms with Crippen LogP contribution in [0.4, 0.5) is 0 Å². The van der Waals surface area contributed by atoms with Crippen LogP contribution in [0.15, 0.2) is 15.7 Å². The van der Waals surface area contributed by atoms with E-state index in [1.807, 2.05) is 4.98 Å². The smallest absolute Gasteiger partial charge is 0.326 e. The summed E-state index contributed by atoms with van der Waals surface area (Å²) in [5.74, 6) is -0.310. The van der Waals surface area contributed by atoms with Gasteiger partial charge in [-0.15, -0.1) is 0 Å². The van der Waals surface area contributed by atoms with Gasteiger partial charge in [0.15, 0.2) is 0 Å². The van der Waals surface area contributed by atoms with Gasteiger partial charge in [0.1, 0.15) is 5.69 Å². The minimum Gasteiger partial charge on any atom is -0.481 e. The molecule has 3 N–H and O–H groups in total. The van der Waals surface area contributed by atoms with Crippen molar-refractivity contribution in [3.05, 3.63) is 32.6 Å². The first-order valence-corrected chi connectivity index (χ1v) is 7.07. The van der Waals surface area contributed by atoms with Crippen LogP contribution in [-0.2, 0) is 4.79 Å². The van der Waals surface area contributed by atoms with Crippen LogP contribution in [0.3, 0.4) is 0 Å². The molecule has 0 spiro atoms. The van der Waals surface area contributed by atoms with E-state index in [2.05, 4.69) is 4.98 Å². The minimum absolute atomic E-state index is 0.124. The van der Waals surface area contributed by atoms with Gasteiger partial charge in [-0.3, -0.25) is 19.4 Å². The molecular formula is C11H13N3O5S. The monoisotopic (exact) mass is 299 g/mol. The summed E-state index contributed by atoms with van der Waals surface area (Å²) in [7, 11) is 0. The molecule has 2 heterocycles. The summed E-state index contributed by atoms with van der Waals surface area (Å²) in [4.78, 5) is 51.1. The molecular weight excluding hydrogens is 286 g/mol. The maximum Gasteiger partial charge on any atom is 0.326 e. The zero-order valence-electron chi connectivity index (χ0n) is 10.4. The fourth-order valence-electron chi connectivity index (χ4n) is 2.03. The summed E-state index contributed by atoms with van der Waals surface area (Å²) in [5, 5.41) is 8.86. The number of nitrogens with one attached hydrogen (secondary N) is 2. The van der Waals surface area contributed by atoms with Gasteiger partial charge < -0.3 is 15.0 Å². The number of amides is 1. The Balaban J connectivity index is 2.27. The molecule has 1 aromatic rings. The van der Waals surface area contributed by atoms with Crippen molar-refractivity contribution < 1.29 is 14.7 Å². The highest BCUT2D eigenvalue weighted by atomic mass is 32.2. The average Bonchev–Trinajstić information content (AvgIpc) is 2.36. The van der Waals surface area contributed by atoms with E-state index in [9.17, 15) is 19.2 Å². The number of thioether (sulfide) groups is 1. The van der Waals surface area contributed by atoms with Crippen molar-refractivity contribution in [1.29, 1.82) is 0 Å². The third-order valence-electron chi connectivity index (χ3n) is 2.89. The van der Waals surface area contributed by atoms with Gasteiger partial charge in [0.2, 0.25) is 0 Å². The van der Waals surface area contributed by atoms with Crippen LogP contribution in [0.25, 0.3) is 0 Å². The second-order valence-electron chi connectivity index (χ2n) is 4.33. The maximum absolute atomic E-state index is 12.3. The molecule has 1 unspecified atom stereocenters. The lowest BCUT2D eigenvalue weighted by Gasteiger charge is -2.34. The summed E-state index contributed by atoms with van der Waals surface area (Å²) < 4.78 is 0. The topological polar surface area (TPSA) is 123 Å². The Bertz CT molecular complexity index is 609. The van der Waals surface area contributed by atoms with Gasteiger partial charge in [-0.1, -0.05) is 0 Å². The van der Waals surface area contributed by atoms with Crippen molar-refractivity contribution in [2.75, 3.05) is 18.1 Å². The molecule has 0 aromatic carbocycles. The van der Waals surface area contributed by atoms with Crippen LogP contribution in [0.5, 0.6) is 0 Å². The zero-order chi connectivity index (χ0) is 14.7. The number of carboxylic acids is 1. The number of carbonyl (C=O) groups excluding carboxylic acids is 1. The fourth-order valence-corrected chi connectivity index (χ4v) is 3.09. The molecule has 1 aliphatic heterocycles. The third-order valence-corrected chi connectivity index (χ3v) is 3.98. The highest BCUT2D eigenvalue weighted by Crippen LogP contribution is 2.20. The highest BCUT2D eigenvalue weighted by molar-refractivity contribution is 7.99. The largest absolute Gasteiger partial charge is 0.481 e. The molecule has 1 atom stereocenters. The summed E-state index contributed by atoms with van der Waals surface area (Å²) in [5.41, 5.74) is -1.55. The number of aromatic nitrogens is 2. The SMILES string of the molecule is O=C(O)CC1CSCCN1C(=O)c1cc(=O)[nH]c(=O)[nH]1.